The van der Waals surface area contributed by atoms with Crippen molar-refractivity contribution in [2.45, 2.75) is 18.9 Å². The highest BCUT2D eigenvalue weighted by atomic mass is 16.2. The van der Waals surface area contributed by atoms with Gasteiger partial charge in [-0.1, -0.05) is 18.2 Å². The fraction of sp³-hybridized carbons (Fsp3) is 0.235. The number of carbonyl (C=O) groups is 2. The zero-order chi connectivity index (χ0) is 15.4. The number of hydrogen-bond acceptors (Lipinski definition) is 3. The summed E-state index contributed by atoms with van der Waals surface area (Å²) in [7, 11) is 0. The number of pyridine rings is 1. The molecule has 1 aliphatic heterocycles. The minimum Gasteiger partial charge on any atom is -0.327 e. The lowest BCUT2D eigenvalue weighted by atomic mass is 10.1. The Labute approximate surface area is 129 Å². The summed E-state index contributed by atoms with van der Waals surface area (Å²) in [5.74, 6) is -0.251. The van der Waals surface area contributed by atoms with Crippen LogP contribution in [0.15, 0.2) is 54.9 Å². The Morgan fingerprint density at radius 2 is 1.82 bits per heavy atom. The van der Waals surface area contributed by atoms with Crippen LogP contribution in [0.4, 0.5) is 5.69 Å². The van der Waals surface area contributed by atoms with Crippen LogP contribution in [-0.4, -0.2) is 34.3 Å². The van der Waals surface area contributed by atoms with Gasteiger partial charge in [-0.3, -0.25) is 14.6 Å². The molecule has 0 radical (unpaired) electrons. The molecule has 2 amide bonds. The Kier molecular flexibility index (Phi) is 4.14. The molecule has 3 rings (SSSR count). The molecule has 22 heavy (non-hydrogen) atoms. The monoisotopic (exact) mass is 295 g/mol. The van der Waals surface area contributed by atoms with E-state index in [0.717, 1.165) is 12.1 Å². The number of anilines is 1. The number of nitrogens with zero attached hydrogens (tertiary/aromatic N) is 2. The number of benzene rings is 1. The molecule has 1 N–H and O–H groups in total. The van der Waals surface area contributed by atoms with Crippen molar-refractivity contribution in [1.82, 2.24) is 9.88 Å². The summed E-state index contributed by atoms with van der Waals surface area (Å²) < 4.78 is 0. The number of aromatic nitrogens is 1. The van der Waals surface area contributed by atoms with Gasteiger partial charge in [0.25, 0.3) is 5.91 Å². The first-order valence-electron chi connectivity index (χ1n) is 7.32. The van der Waals surface area contributed by atoms with Gasteiger partial charge < -0.3 is 10.2 Å². The van der Waals surface area contributed by atoms with E-state index < -0.39 is 6.04 Å². The van der Waals surface area contributed by atoms with Crippen LogP contribution in [0, 0.1) is 0 Å². The first-order valence-corrected chi connectivity index (χ1v) is 7.32. The predicted molar refractivity (Wildman–Crippen MR) is 83.4 cm³/mol. The van der Waals surface area contributed by atoms with Crippen molar-refractivity contribution >= 4 is 17.5 Å². The van der Waals surface area contributed by atoms with Gasteiger partial charge in [-0.2, -0.15) is 0 Å². The molecular weight excluding hydrogens is 278 g/mol. The van der Waals surface area contributed by atoms with Crippen LogP contribution < -0.4 is 5.32 Å². The van der Waals surface area contributed by atoms with Crippen molar-refractivity contribution in [2.24, 2.45) is 0 Å². The smallest absolute Gasteiger partial charge is 0.254 e. The third-order valence-electron chi connectivity index (χ3n) is 3.78. The van der Waals surface area contributed by atoms with E-state index in [1.54, 1.807) is 29.4 Å². The van der Waals surface area contributed by atoms with Crippen LogP contribution in [0.1, 0.15) is 23.2 Å². The van der Waals surface area contributed by atoms with Crippen molar-refractivity contribution in [3.63, 3.8) is 0 Å². The number of likely N-dealkylation sites (tertiary alicyclic amines) is 1. The molecule has 112 valence electrons. The molecule has 1 aromatic heterocycles. The molecule has 0 unspecified atom stereocenters. The van der Waals surface area contributed by atoms with Crippen LogP contribution in [0.2, 0.25) is 0 Å². The van der Waals surface area contributed by atoms with Crippen LogP contribution in [0.5, 0.6) is 0 Å². The van der Waals surface area contributed by atoms with Gasteiger partial charge in [-0.05, 0) is 37.1 Å². The molecule has 0 bridgehead atoms. The summed E-state index contributed by atoms with van der Waals surface area (Å²) in [6, 6.07) is 12.2. The molecule has 1 saturated heterocycles. The molecule has 0 aliphatic carbocycles. The van der Waals surface area contributed by atoms with E-state index in [1.807, 2.05) is 30.3 Å². The summed E-state index contributed by atoms with van der Waals surface area (Å²) in [6.45, 7) is 0.605. The number of hydrogen-bond donors (Lipinski definition) is 1. The zero-order valence-corrected chi connectivity index (χ0v) is 12.1. The van der Waals surface area contributed by atoms with Crippen molar-refractivity contribution in [2.75, 3.05) is 11.9 Å². The van der Waals surface area contributed by atoms with Gasteiger partial charge in [0.1, 0.15) is 6.04 Å². The van der Waals surface area contributed by atoms with Crippen molar-refractivity contribution < 1.29 is 9.59 Å². The van der Waals surface area contributed by atoms with Gasteiger partial charge in [-0.25, -0.2) is 0 Å². The van der Waals surface area contributed by atoms with Gasteiger partial charge in [0, 0.05) is 30.2 Å². The van der Waals surface area contributed by atoms with E-state index in [2.05, 4.69) is 10.3 Å². The van der Waals surface area contributed by atoms with Crippen molar-refractivity contribution in [3.8, 4) is 0 Å². The van der Waals surface area contributed by atoms with Gasteiger partial charge in [0.15, 0.2) is 0 Å². The van der Waals surface area contributed by atoms with Crippen molar-refractivity contribution in [3.05, 3.63) is 60.4 Å². The number of para-hydroxylation sites is 1. The Morgan fingerprint density at radius 3 is 2.55 bits per heavy atom. The Bertz CT molecular complexity index is 658. The normalized spacial score (nSPS) is 17.3. The van der Waals surface area contributed by atoms with E-state index in [-0.39, 0.29) is 11.8 Å². The summed E-state index contributed by atoms with van der Waals surface area (Å²) in [6.07, 6.45) is 4.70. The van der Waals surface area contributed by atoms with E-state index in [0.29, 0.717) is 18.5 Å². The highest BCUT2D eigenvalue weighted by Gasteiger charge is 2.34. The fourth-order valence-electron chi connectivity index (χ4n) is 2.69. The summed E-state index contributed by atoms with van der Waals surface area (Å²) in [4.78, 5) is 30.5. The highest BCUT2D eigenvalue weighted by Crippen LogP contribution is 2.21. The molecule has 5 heteroatoms. The number of amides is 2. The lowest BCUT2D eigenvalue weighted by molar-refractivity contribution is -0.119. The maximum absolute atomic E-state index is 12.5. The average molecular weight is 295 g/mol. The molecule has 0 spiro atoms. The second-order valence-electron chi connectivity index (χ2n) is 5.25. The maximum Gasteiger partial charge on any atom is 0.254 e. The maximum atomic E-state index is 12.5. The molecule has 0 saturated carbocycles. The molecule has 2 aromatic rings. The molecule has 1 aliphatic rings. The highest BCUT2D eigenvalue weighted by molar-refractivity contribution is 6.01. The van der Waals surface area contributed by atoms with Gasteiger partial charge in [-0.15, -0.1) is 0 Å². The van der Waals surface area contributed by atoms with Crippen LogP contribution >= 0.6 is 0 Å². The van der Waals surface area contributed by atoms with E-state index in [4.69, 9.17) is 0 Å². The summed E-state index contributed by atoms with van der Waals surface area (Å²) in [5.41, 5.74) is 1.31. The molecule has 1 aromatic carbocycles. The number of rotatable bonds is 3. The summed E-state index contributed by atoms with van der Waals surface area (Å²) >= 11 is 0. The quantitative estimate of drug-likeness (QED) is 0.945. The Morgan fingerprint density at radius 1 is 1.09 bits per heavy atom. The zero-order valence-electron chi connectivity index (χ0n) is 12.1. The first-order chi connectivity index (χ1) is 10.8. The largest absolute Gasteiger partial charge is 0.327 e. The molecule has 5 nitrogen and oxygen atoms in total. The van der Waals surface area contributed by atoms with E-state index in [9.17, 15) is 9.59 Å². The Balaban J connectivity index is 1.73. The number of nitrogens with one attached hydrogen (secondary N) is 1. The predicted octanol–water partition coefficient (Wildman–Crippen LogP) is 2.32. The molecule has 1 atom stereocenters. The molecule has 2 heterocycles. The average Bonchev–Trinajstić information content (AvgIpc) is 3.05. The second-order valence-corrected chi connectivity index (χ2v) is 5.25. The first kappa shape index (κ1) is 14.3. The number of carbonyl (C=O) groups excluding carboxylic acids is 2. The van der Waals surface area contributed by atoms with Crippen molar-refractivity contribution in [1.29, 1.82) is 0 Å². The SMILES string of the molecule is O=C(Nc1ccccc1)[C@@H]1CCCN1C(=O)c1ccncc1. The molecular formula is C17H17N3O2. The van der Waals surface area contributed by atoms with Gasteiger partial charge >= 0.3 is 0 Å². The fourth-order valence-corrected chi connectivity index (χ4v) is 2.69. The minimum atomic E-state index is -0.416. The standard InChI is InChI=1S/C17H17N3O2/c21-16(19-14-5-2-1-3-6-14)15-7-4-12-20(15)17(22)13-8-10-18-11-9-13/h1-3,5-6,8-11,15H,4,7,12H2,(H,19,21)/t15-/m0/s1. The van der Waals surface area contributed by atoms with Gasteiger partial charge in [0.05, 0.1) is 0 Å². The van der Waals surface area contributed by atoms with E-state index >= 15 is 0 Å². The summed E-state index contributed by atoms with van der Waals surface area (Å²) in [5, 5.41) is 2.87. The molecule has 1 fully saturated rings. The Hall–Kier alpha value is -2.69. The lowest BCUT2D eigenvalue weighted by Gasteiger charge is -2.24. The third-order valence-corrected chi connectivity index (χ3v) is 3.78. The van der Waals surface area contributed by atoms with Gasteiger partial charge in [0.2, 0.25) is 5.91 Å². The van der Waals surface area contributed by atoms with Crippen LogP contribution in [-0.2, 0) is 4.79 Å². The van der Waals surface area contributed by atoms with E-state index in [1.165, 1.54) is 0 Å². The topological polar surface area (TPSA) is 62.3 Å². The van der Waals surface area contributed by atoms with Crippen LogP contribution in [0.25, 0.3) is 0 Å². The minimum absolute atomic E-state index is 0.117. The third kappa shape index (κ3) is 2.98. The second kappa shape index (κ2) is 6.39. The van der Waals surface area contributed by atoms with Crippen LogP contribution in [0.3, 0.4) is 0 Å². The lowest BCUT2D eigenvalue weighted by Crippen LogP contribution is -2.43.